The number of benzene rings is 1. The summed E-state index contributed by atoms with van der Waals surface area (Å²) in [5, 5.41) is 3.33. The first kappa shape index (κ1) is 15.1. The molecule has 1 aliphatic heterocycles. The molecule has 1 aromatic rings. The Bertz CT molecular complexity index is 589. The normalized spacial score (nSPS) is 24.3. The lowest BCUT2D eigenvalue weighted by Gasteiger charge is -2.45. The maximum atomic E-state index is 11.3. The number of ether oxygens (including phenoxy) is 1. The molecule has 0 bridgehead atoms. The van der Waals surface area contributed by atoms with Gasteiger partial charge in [-0.15, -0.1) is 0 Å². The molecule has 1 atom stereocenters. The highest BCUT2D eigenvalue weighted by Crippen LogP contribution is 2.49. The van der Waals surface area contributed by atoms with E-state index >= 15 is 0 Å². The fraction of sp³-hybridized carbons (Fsp3) is 0.500. The van der Waals surface area contributed by atoms with Crippen LogP contribution in [0.2, 0.25) is 0 Å². The second-order valence-electron chi connectivity index (χ2n) is 6.40. The Kier molecular flexibility index (Phi) is 4.21. The molecule has 4 heteroatoms. The Labute approximate surface area is 131 Å². The highest BCUT2D eigenvalue weighted by molar-refractivity contribution is 5.80. The van der Waals surface area contributed by atoms with Gasteiger partial charge in [-0.2, -0.15) is 0 Å². The number of methoxy groups -OCH3 is 1. The quantitative estimate of drug-likeness (QED) is 0.842. The molecule has 4 nitrogen and oxygen atoms in total. The van der Waals surface area contributed by atoms with Crippen molar-refractivity contribution in [2.24, 2.45) is 11.1 Å². The van der Waals surface area contributed by atoms with Crippen molar-refractivity contribution in [2.75, 3.05) is 13.7 Å². The van der Waals surface area contributed by atoms with Gasteiger partial charge >= 0.3 is 0 Å². The van der Waals surface area contributed by atoms with Crippen molar-refractivity contribution < 1.29 is 9.53 Å². The monoisotopic (exact) mass is 300 g/mol. The van der Waals surface area contributed by atoms with E-state index in [4.69, 9.17) is 10.5 Å². The molecular weight excluding hydrogens is 276 g/mol. The average Bonchev–Trinajstić information content (AvgIpc) is 2.56. The minimum Gasteiger partial charge on any atom is -0.497 e. The van der Waals surface area contributed by atoms with Crippen LogP contribution in [0.4, 0.5) is 0 Å². The predicted octanol–water partition coefficient (Wildman–Crippen LogP) is 2.49. The van der Waals surface area contributed by atoms with Gasteiger partial charge in [0.25, 0.3) is 0 Å². The minimum absolute atomic E-state index is 0.0498. The fourth-order valence-electron chi connectivity index (χ4n) is 3.99. The molecule has 0 aromatic heterocycles. The van der Waals surface area contributed by atoms with Crippen molar-refractivity contribution in [3.63, 3.8) is 0 Å². The van der Waals surface area contributed by atoms with Gasteiger partial charge in [0.1, 0.15) is 18.1 Å². The van der Waals surface area contributed by atoms with Crippen molar-refractivity contribution in [1.29, 1.82) is 0 Å². The van der Waals surface area contributed by atoms with E-state index in [1.807, 2.05) is 18.2 Å². The molecule has 22 heavy (non-hydrogen) atoms. The molecule has 0 saturated heterocycles. The third-order valence-electron chi connectivity index (χ3n) is 5.12. The lowest BCUT2D eigenvalue weighted by molar-refractivity contribution is -0.109. The van der Waals surface area contributed by atoms with Crippen LogP contribution in [0.3, 0.4) is 0 Å². The van der Waals surface area contributed by atoms with Gasteiger partial charge in [-0.1, -0.05) is 31.4 Å². The Balaban J connectivity index is 2.12. The largest absolute Gasteiger partial charge is 0.497 e. The summed E-state index contributed by atoms with van der Waals surface area (Å²) in [6.07, 6.45) is 6.87. The van der Waals surface area contributed by atoms with E-state index in [-0.39, 0.29) is 11.5 Å². The Morgan fingerprint density at radius 2 is 2.09 bits per heavy atom. The van der Waals surface area contributed by atoms with Crippen molar-refractivity contribution in [3.8, 4) is 5.75 Å². The van der Waals surface area contributed by atoms with Crippen LogP contribution in [0, 0.1) is 5.41 Å². The highest BCUT2D eigenvalue weighted by atomic mass is 16.5. The molecule has 1 unspecified atom stereocenters. The molecular formula is C18H24N2O2. The Morgan fingerprint density at radius 3 is 2.77 bits per heavy atom. The van der Waals surface area contributed by atoms with E-state index < -0.39 is 0 Å². The van der Waals surface area contributed by atoms with Gasteiger partial charge in [-0.05, 0) is 36.1 Å². The molecule has 2 aliphatic rings. The van der Waals surface area contributed by atoms with Crippen molar-refractivity contribution in [1.82, 2.24) is 5.32 Å². The van der Waals surface area contributed by atoms with Gasteiger partial charge in [-0.25, -0.2) is 0 Å². The average molecular weight is 300 g/mol. The number of hydrogen-bond donors (Lipinski definition) is 2. The first-order valence-electron chi connectivity index (χ1n) is 8.03. The zero-order valence-electron chi connectivity index (χ0n) is 13.1. The number of nitrogens with one attached hydrogen (secondary N) is 1. The zero-order chi connectivity index (χ0) is 15.6. The third kappa shape index (κ3) is 2.52. The van der Waals surface area contributed by atoms with Crippen LogP contribution in [0.15, 0.2) is 30.0 Å². The lowest BCUT2D eigenvalue weighted by Crippen LogP contribution is -2.50. The van der Waals surface area contributed by atoms with Gasteiger partial charge in [0.05, 0.1) is 7.11 Å². The highest BCUT2D eigenvalue weighted by Gasteiger charge is 2.42. The van der Waals surface area contributed by atoms with E-state index in [1.54, 1.807) is 7.11 Å². The van der Waals surface area contributed by atoms with E-state index in [1.165, 1.54) is 19.3 Å². The molecule has 1 aliphatic carbocycles. The smallest absolute Gasteiger partial charge is 0.142 e. The molecule has 3 rings (SSSR count). The summed E-state index contributed by atoms with van der Waals surface area (Å²) in [6, 6.07) is 7.66. The van der Waals surface area contributed by atoms with Crippen LogP contribution in [-0.2, 0) is 4.79 Å². The van der Waals surface area contributed by atoms with Crippen molar-refractivity contribution in [2.45, 2.75) is 38.1 Å². The second kappa shape index (κ2) is 6.13. The maximum absolute atomic E-state index is 11.3. The van der Waals surface area contributed by atoms with Crippen molar-refractivity contribution in [3.05, 3.63) is 35.5 Å². The molecule has 1 heterocycles. The molecule has 118 valence electrons. The van der Waals surface area contributed by atoms with Crippen LogP contribution in [-0.4, -0.2) is 26.0 Å². The van der Waals surface area contributed by atoms with Crippen LogP contribution < -0.4 is 15.8 Å². The standard InChI is InChI=1S/C18H24N2O2/c1-22-14-7-5-6-13(10-14)16-17(19)15(11-21)20-12-18(16)8-3-2-4-9-18/h5-7,10-11,15,20H,2-4,8-9,12,19H2,1H3. The molecule has 1 aromatic carbocycles. The molecule has 1 saturated carbocycles. The summed E-state index contributed by atoms with van der Waals surface area (Å²) >= 11 is 0. The third-order valence-corrected chi connectivity index (χ3v) is 5.12. The SMILES string of the molecule is COc1cccc(C2=C(N)C(C=O)NCC23CCCCC3)c1. The van der Waals surface area contributed by atoms with Crippen LogP contribution in [0.25, 0.3) is 5.57 Å². The number of carbonyl (C=O) groups excluding carboxylic acids is 1. The van der Waals surface area contributed by atoms with Crippen LogP contribution in [0.1, 0.15) is 37.7 Å². The topological polar surface area (TPSA) is 64.3 Å². The first-order valence-corrected chi connectivity index (χ1v) is 8.03. The number of rotatable bonds is 3. The molecule has 3 N–H and O–H groups in total. The summed E-state index contributed by atoms with van der Waals surface area (Å²) in [5.41, 5.74) is 9.38. The lowest BCUT2D eigenvalue weighted by atomic mass is 9.64. The van der Waals surface area contributed by atoms with Gasteiger partial charge in [0.15, 0.2) is 0 Å². The summed E-state index contributed by atoms with van der Waals surface area (Å²) in [4.78, 5) is 11.3. The summed E-state index contributed by atoms with van der Waals surface area (Å²) in [5.74, 6) is 0.824. The van der Waals surface area contributed by atoms with Gasteiger partial charge < -0.3 is 20.6 Å². The van der Waals surface area contributed by atoms with Gasteiger partial charge in [-0.3, -0.25) is 0 Å². The first-order chi connectivity index (χ1) is 10.7. The predicted molar refractivity (Wildman–Crippen MR) is 87.5 cm³/mol. The van der Waals surface area contributed by atoms with E-state index in [0.29, 0.717) is 5.70 Å². The van der Waals surface area contributed by atoms with Crippen LogP contribution in [0.5, 0.6) is 5.75 Å². The molecule has 0 amide bonds. The summed E-state index contributed by atoms with van der Waals surface area (Å²) in [6.45, 7) is 0.823. The number of carbonyl (C=O) groups is 1. The van der Waals surface area contributed by atoms with E-state index in [2.05, 4.69) is 11.4 Å². The number of nitrogens with two attached hydrogens (primary N) is 1. The molecule has 0 radical (unpaired) electrons. The molecule has 1 fully saturated rings. The summed E-state index contributed by atoms with van der Waals surface area (Å²) < 4.78 is 5.36. The molecule has 1 spiro atoms. The minimum atomic E-state index is -0.381. The van der Waals surface area contributed by atoms with E-state index in [9.17, 15) is 4.79 Å². The van der Waals surface area contributed by atoms with Crippen molar-refractivity contribution >= 4 is 11.9 Å². The maximum Gasteiger partial charge on any atom is 0.142 e. The fourth-order valence-corrected chi connectivity index (χ4v) is 3.99. The number of aldehydes is 1. The van der Waals surface area contributed by atoms with Crippen LogP contribution >= 0.6 is 0 Å². The second-order valence-corrected chi connectivity index (χ2v) is 6.40. The zero-order valence-corrected chi connectivity index (χ0v) is 13.1. The Morgan fingerprint density at radius 1 is 1.32 bits per heavy atom. The summed E-state index contributed by atoms with van der Waals surface area (Å²) in [7, 11) is 1.67. The van der Waals surface area contributed by atoms with Gasteiger partial charge in [0.2, 0.25) is 0 Å². The number of hydrogen-bond acceptors (Lipinski definition) is 4. The Hall–Kier alpha value is -1.81. The van der Waals surface area contributed by atoms with E-state index in [0.717, 1.165) is 42.6 Å². The van der Waals surface area contributed by atoms with Gasteiger partial charge in [0, 0.05) is 17.7 Å².